The van der Waals surface area contributed by atoms with Gasteiger partial charge in [0.05, 0.1) is 5.69 Å². The van der Waals surface area contributed by atoms with Gasteiger partial charge in [-0.25, -0.2) is 14.0 Å². The smallest absolute Gasteiger partial charge is 0.329 e. The molecule has 2 amide bonds. The summed E-state index contributed by atoms with van der Waals surface area (Å²) in [6, 6.07) is 3.94. The number of aliphatic carboxylic acids is 1. The maximum Gasteiger partial charge on any atom is 0.329 e. The van der Waals surface area contributed by atoms with E-state index in [1.54, 1.807) is 13.0 Å². The molecule has 1 heterocycles. The van der Waals surface area contributed by atoms with E-state index in [0.717, 1.165) is 5.56 Å². The van der Waals surface area contributed by atoms with Crippen LogP contribution < -0.4 is 4.90 Å². The molecular formula is C15H19FN2O3. The highest BCUT2D eigenvalue weighted by Gasteiger charge is 2.40. The number of carboxylic acid groups (broad SMARTS) is 1. The van der Waals surface area contributed by atoms with E-state index in [4.69, 9.17) is 0 Å². The number of urea groups is 1. The average Bonchev–Trinajstić information content (AvgIpc) is 2.81. The minimum atomic E-state index is -1.32. The van der Waals surface area contributed by atoms with Crippen LogP contribution in [0.15, 0.2) is 18.2 Å². The van der Waals surface area contributed by atoms with E-state index in [-0.39, 0.29) is 6.54 Å². The van der Waals surface area contributed by atoms with Crippen LogP contribution in [0.4, 0.5) is 14.9 Å². The summed E-state index contributed by atoms with van der Waals surface area (Å²) in [4.78, 5) is 26.8. The topological polar surface area (TPSA) is 60.9 Å². The molecule has 0 atom stereocenters. The lowest BCUT2D eigenvalue weighted by Gasteiger charge is -2.37. The highest BCUT2D eigenvalue weighted by molar-refractivity contribution is 5.97. The highest BCUT2D eigenvalue weighted by atomic mass is 19.1. The summed E-state index contributed by atoms with van der Waals surface area (Å²) >= 11 is 0. The van der Waals surface area contributed by atoms with Crippen molar-refractivity contribution in [3.05, 3.63) is 29.6 Å². The monoisotopic (exact) mass is 294 g/mol. The largest absolute Gasteiger partial charge is 0.480 e. The fraction of sp³-hybridized carbons (Fsp3) is 0.467. The lowest BCUT2D eigenvalue weighted by Crippen LogP contribution is -2.56. The molecule has 21 heavy (non-hydrogen) atoms. The molecule has 0 aromatic heterocycles. The first-order valence-electron chi connectivity index (χ1n) is 6.90. The van der Waals surface area contributed by atoms with Gasteiger partial charge in [-0.15, -0.1) is 0 Å². The number of carbonyl (C=O) groups is 2. The van der Waals surface area contributed by atoms with Crippen molar-refractivity contribution in [3.8, 4) is 0 Å². The summed E-state index contributed by atoms with van der Waals surface area (Å²) in [7, 11) is 0. The van der Waals surface area contributed by atoms with Crippen LogP contribution in [0.25, 0.3) is 0 Å². The molecule has 1 aromatic rings. The van der Waals surface area contributed by atoms with Crippen LogP contribution in [0, 0.1) is 5.82 Å². The first-order chi connectivity index (χ1) is 9.78. The average molecular weight is 294 g/mol. The molecule has 0 saturated carbocycles. The third kappa shape index (κ3) is 2.57. The summed E-state index contributed by atoms with van der Waals surface area (Å²) < 4.78 is 13.4. The van der Waals surface area contributed by atoms with Gasteiger partial charge < -0.3 is 10.0 Å². The number of likely N-dealkylation sites (N-methyl/N-ethyl adjacent to an activating group) is 1. The molecule has 0 aliphatic carbocycles. The number of amides is 2. The van der Waals surface area contributed by atoms with Gasteiger partial charge in [-0.1, -0.05) is 6.07 Å². The molecule has 1 aliphatic rings. The van der Waals surface area contributed by atoms with Gasteiger partial charge in [0, 0.05) is 13.1 Å². The second-order valence-electron chi connectivity index (χ2n) is 5.57. The Morgan fingerprint density at radius 2 is 2.10 bits per heavy atom. The van der Waals surface area contributed by atoms with Crippen molar-refractivity contribution in [2.75, 3.05) is 18.0 Å². The maximum absolute atomic E-state index is 13.4. The second-order valence-corrected chi connectivity index (χ2v) is 5.57. The molecule has 0 radical (unpaired) electrons. The molecule has 114 valence electrons. The Hall–Kier alpha value is -2.11. The molecule has 0 bridgehead atoms. The third-order valence-corrected chi connectivity index (χ3v) is 3.92. The lowest BCUT2D eigenvalue weighted by molar-refractivity contribution is -0.147. The number of halogens is 1. The van der Waals surface area contributed by atoms with E-state index in [2.05, 4.69) is 0 Å². The van der Waals surface area contributed by atoms with Crippen LogP contribution in [0.3, 0.4) is 0 Å². The number of benzene rings is 1. The van der Waals surface area contributed by atoms with Gasteiger partial charge in [0.2, 0.25) is 0 Å². The lowest BCUT2D eigenvalue weighted by atomic mass is 10.0. The Morgan fingerprint density at radius 1 is 1.43 bits per heavy atom. The summed E-state index contributed by atoms with van der Waals surface area (Å²) in [6.07, 6.45) is 0.645. The number of hydrogen-bond acceptors (Lipinski definition) is 2. The van der Waals surface area contributed by atoms with Gasteiger partial charge in [0.1, 0.15) is 11.4 Å². The van der Waals surface area contributed by atoms with Gasteiger partial charge in [-0.3, -0.25) is 4.90 Å². The standard InChI is InChI=1S/C15H19FN2O3/c1-4-18(15(2,3)13(19)20)14(21)17-8-7-10-5-6-11(16)9-12(10)17/h5-6,9H,4,7-8H2,1-3H3,(H,19,20). The minimum Gasteiger partial charge on any atom is -0.480 e. The van der Waals surface area contributed by atoms with E-state index in [0.29, 0.717) is 18.7 Å². The van der Waals surface area contributed by atoms with Crippen LogP contribution >= 0.6 is 0 Å². The van der Waals surface area contributed by atoms with Crippen LogP contribution in [0.2, 0.25) is 0 Å². The van der Waals surface area contributed by atoms with Crippen molar-refractivity contribution in [1.29, 1.82) is 0 Å². The number of carboxylic acids is 1. The quantitative estimate of drug-likeness (QED) is 0.931. The highest BCUT2D eigenvalue weighted by Crippen LogP contribution is 2.31. The molecule has 0 unspecified atom stereocenters. The molecule has 0 fully saturated rings. The van der Waals surface area contributed by atoms with E-state index in [9.17, 15) is 19.1 Å². The Balaban J connectivity index is 2.33. The number of hydrogen-bond donors (Lipinski definition) is 1. The van der Waals surface area contributed by atoms with E-state index < -0.39 is 23.4 Å². The summed E-state index contributed by atoms with van der Waals surface area (Å²) in [5.74, 6) is -1.48. The molecule has 1 N–H and O–H groups in total. The van der Waals surface area contributed by atoms with Gasteiger partial charge in [0.25, 0.3) is 0 Å². The zero-order valence-electron chi connectivity index (χ0n) is 12.4. The van der Waals surface area contributed by atoms with Crippen molar-refractivity contribution in [3.63, 3.8) is 0 Å². The summed E-state index contributed by atoms with van der Waals surface area (Å²) in [6.45, 7) is 5.40. The van der Waals surface area contributed by atoms with Crippen molar-refractivity contribution in [2.24, 2.45) is 0 Å². The van der Waals surface area contributed by atoms with Gasteiger partial charge in [0.15, 0.2) is 0 Å². The first kappa shape index (κ1) is 15.3. The Bertz CT molecular complexity index is 586. The number of anilines is 1. The molecule has 5 nitrogen and oxygen atoms in total. The fourth-order valence-electron chi connectivity index (χ4n) is 2.58. The molecule has 1 aliphatic heterocycles. The third-order valence-electron chi connectivity index (χ3n) is 3.92. The van der Waals surface area contributed by atoms with Crippen LogP contribution in [0.5, 0.6) is 0 Å². The van der Waals surface area contributed by atoms with Crippen molar-refractivity contribution >= 4 is 17.7 Å². The zero-order chi connectivity index (χ0) is 15.8. The van der Waals surface area contributed by atoms with Crippen LogP contribution in [0.1, 0.15) is 26.3 Å². The van der Waals surface area contributed by atoms with Crippen molar-refractivity contribution in [1.82, 2.24) is 4.90 Å². The van der Waals surface area contributed by atoms with Gasteiger partial charge in [-0.2, -0.15) is 0 Å². The van der Waals surface area contributed by atoms with Crippen LogP contribution in [-0.2, 0) is 11.2 Å². The normalized spacial score (nSPS) is 14.0. The number of fused-ring (bicyclic) bond motifs is 1. The molecule has 6 heteroatoms. The van der Waals surface area contributed by atoms with Crippen molar-refractivity contribution in [2.45, 2.75) is 32.7 Å². The fourth-order valence-corrected chi connectivity index (χ4v) is 2.58. The zero-order valence-corrected chi connectivity index (χ0v) is 12.4. The molecule has 1 aromatic carbocycles. The Morgan fingerprint density at radius 3 is 2.67 bits per heavy atom. The maximum atomic E-state index is 13.4. The predicted octanol–water partition coefficient (Wildman–Crippen LogP) is 2.49. The van der Waals surface area contributed by atoms with E-state index in [1.807, 2.05) is 0 Å². The summed E-state index contributed by atoms with van der Waals surface area (Å²) in [5, 5.41) is 9.30. The Kier molecular flexibility index (Phi) is 3.89. The number of nitrogens with zero attached hydrogens (tertiary/aromatic N) is 2. The molecule has 0 spiro atoms. The molecular weight excluding hydrogens is 275 g/mol. The molecule has 0 saturated heterocycles. The van der Waals surface area contributed by atoms with E-state index >= 15 is 0 Å². The first-order valence-corrected chi connectivity index (χ1v) is 6.90. The van der Waals surface area contributed by atoms with Gasteiger partial charge >= 0.3 is 12.0 Å². The van der Waals surface area contributed by atoms with E-state index in [1.165, 1.54) is 35.8 Å². The van der Waals surface area contributed by atoms with Crippen molar-refractivity contribution < 1.29 is 19.1 Å². The minimum absolute atomic E-state index is 0.263. The number of carbonyl (C=O) groups excluding carboxylic acids is 1. The molecule has 2 rings (SSSR count). The van der Waals surface area contributed by atoms with Crippen LogP contribution in [-0.4, -0.2) is 40.6 Å². The van der Waals surface area contributed by atoms with Gasteiger partial charge in [-0.05, 0) is 44.9 Å². The SMILES string of the molecule is CCN(C(=O)N1CCc2ccc(F)cc21)C(C)(C)C(=O)O. The second kappa shape index (κ2) is 5.35. The Labute approximate surface area is 123 Å². The predicted molar refractivity (Wildman–Crippen MR) is 76.9 cm³/mol. The summed E-state index contributed by atoms with van der Waals surface area (Å²) in [5.41, 5.74) is 0.107. The number of rotatable bonds is 3.